The zero-order valence-electron chi connectivity index (χ0n) is 41.5. The maximum Gasteiger partial charge on any atom is 0.137 e. The van der Waals surface area contributed by atoms with Gasteiger partial charge in [-0.1, -0.05) is 127 Å². The highest BCUT2D eigenvalue weighted by atomic mass is 16.3. The Morgan fingerprint density at radius 3 is 1.57 bits per heavy atom. The first-order chi connectivity index (χ1) is 38.2. The van der Waals surface area contributed by atoms with Crippen molar-refractivity contribution in [2.24, 2.45) is 0 Å². The van der Waals surface area contributed by atoms with Gasteiger partial charge in [-0.3, -0.25) is 15.0 Å². The summed E-state index contributed by atoms with van der Waals surface area (Å²) in [7, 11) is 0. The lowest BCUT2D eigenvalue weighted by Crippen LogP contribution is -2.10. The Morgan fingerprint density at radius 1 is 0.286 bits per heavy atom. The van der Waals surface area contributed by atoms with E-state index in [1.54, 1.807) is 6.20 Å². The number of aromatic nitrogens is 3. The average molecular weight is 982 g/mol. The van der Waals surface area contributed by atoms with E-state index in [1.807, 2.05) is 43.0 Å². The Kier molecular flexibility index (Phi) is 9.53. The summed E-state index contributed by atoms with van der Waals surface area (Å²) in [6.45, 7) is 0. The molecule has 0 radical (unpaired) electrons. The van der Waals surface area contributed by atoms with E-state index >= 15 is 0 Å². The van der Waals surface area contributed by atoms with Gasteiger partial charge < -0.3 is 14.2 Å². The quantitative estimate of drug-likeness (QED) is 0.144. The minimum atomic E-state index is 0.837. The summed E-state index contributed by atoms with van der Waals surface area (Å²) in [6.07, 6.45) is 9.41. The summed E-state index contributed by atoms with van der Waals surface area (Å²) in [4.78, 5) is 18.6. The molecule has 0 amide bonds. The number of rotatable bonds is 9. The Balaban J connectivity index is 0.721. The maximum absolute atomic E-state index is 6.69. The van der Waals surface area contributed by atoms with Gasteiger partial charge in [0.1, 0.15) is 11.2 Å². The first-order valence-corrected chi connectivity index (χ1v) is 26.0. The molecule has 0 fully saturated rings. The molecule has 4 heterocycles. The van der Waals surface area contributed by atoms with Crippen molar-refractivity contribution >= 4 is 77.6 Å². The van der Waals surface area contributed by atoms with Crippen LogP contribution in [0.2, 0.25) is 0 Å². The topological polar surface area (TPSA) is 58.3 Å². The van der Waals surface area contributed by atoms with Gasteiger partial charge >= 0.3 is 0 Å². The second-order valence-electron chi connectivity index (χ2n) is 20.0. The number of pyridine rings is 3. The van der Waals surface area contributed by atoms with Crippen molar-refractivity contribution in [1.82, 2.24) is 15.0 Å². The fourth-order valence-electron chi connectivity index (χ4n) is 12.3. The van der Waals surface area contributed by atoms with Crippen LogP contribution >= 0.6 is 0 Å². The SMILES string of the molecule is c1ccc(N(c2cccnc2)c2ccc3c(c2)oc2cc(-c4ccc5c(c4)-c4cccc6c(-c7cccc(N(c8cccnc8)c8ccc(-c9ccc%10c(c9)-c9cccc%11cccc-%10c9%11)nc8)c7)ccc-5c46)ccc23)cc1. The maximum atomic E-state index is 6.69. The van der Waals surface area contributed by atoms with Crippen LogP contribution in [0.5, 0.6) is 0 Å². The molecule has 0 saturated heterocycles. The third kappa shape index (κ3) is 6.86. The molecule has 4 aromatic heterocycles. The van der Waals surface area contributed by atoms with Crippen LogP contribution in [-0.2, 0) is 0 Å². The van der Waals surface area contributed by atoms with Crippen LogP contribution in [0.15, 0.2) is 266 Å². The Morgan fingerprint density at radius 2 is 0.831 bits per heavy atom. The zero-order chi connectivity index (χ0) is 50.6. The molecular weight excluding hydrogens is 939 g/mol. The fourth-order valence-corrected chi connectivity index (χ4v) is 12.3. The van der Waals surface area contributed by atoms with Gasteiger partial charge in [0, 0.05) is 51.9 Å². The van der Waals surface area contributed by atoms with Crippen molar-refractivity contribution in [2.75, 3.05) is 9.80 Å². The third-order valence-electron chi connectivity index (χ3n) is 15.7. The van der Waals surface area contributed by atoms with Crippen LogP contribution in [0.1, 0.15) is 0 Å². The van der Waals surface area contributed by atoms with Crippen LogP contribution in [0.4, 0.5) is 34.1 Å². The Labute approximate surface area is 444 Å². The van der Waals surface area contributed by atoms with Crippen molar-refractivity contribution in [1.29, 1.82) is 0 Å². The zero-order valence-corrected chi connectivity index (χ0v) is 41.5. The Bertz CT molecular complexity index is 4640. The van der Waals surface area contributed by atoms with Gasteiger partial charge in [0.2, 0.25) is 0 Å². The van der Waals surface area contributed by atoms with Crippen molar-refractivity contribution in [3.05, 3.63) is 262 Å². The van der Waals surface area contributed by atoms with Crippen LogP contribution in [-0.4, -0.2) is 15.0 Å². The van der Waals surface area contributed by atoms with Gasteiger partial charge in [-0.25, -0.2) is 0 Å². The van der Waals surface area contributed by atoms with Gasteiger partial charge in [0.25, 0.3) is 0 Å². The van der Waals surface area contributed by atoms with Gasteiger partial charge in [-0.2, -0.15) is 0 Å². The fraction of sp³-hybridized carbons (Fsp3) is 0. The Hall–Kier alpha value is -10.4. The molecule has 10 aromatic carbocycles. The number of para-hydroxylation sites is 1. The molecule has 0 saturated carbocycles. The lowest BCUT2D eigenvalue weighted by Gasteiger charge is -2.25. The largest absolute Gasteiger partial charge is 0.456 e. The van der Waals surface area contributed by atoms with Crippen LogP contribution < -0.4 is 9.80 Å². The molecule has 0 bridgehead atoms. The summed E-state index contributed by atoms with van der Waals surface area (Å²) in [5.74, 6) is 0. The molecule has 2 aliphatic rings. The van der Waals surface area contributed by atoms with Gasteiger partial charge in [-0.05, 0) is 185 Å². The lowest BCUT2D eigenvalue weighted by molar-refractivity contribution is 0.669. The van der Waals surface area contributed by atoms with Crippen molar-refractivity contribution in [2.45, 2.75) is 0 Å². The molecular formula is C71H43N5O. The summed E-state index contributed by atoms with van der Waals surface area (Å²) in [5.41, 5.74) is 24.3. The molecule has 0 unspecified atom stereocenters. The van der Waals surface area contributed by atoms with Crippen LogP contribution in [0.3, 0.4) is 0 Å². The normalized spacial score (nSPS) is 11.9. The second kappa shape index (κ2) is 17.1. The average Bonchev–Trinajstić information content (AvgIpc) is 4.33. The first kappa shape index (κ1) is 43.0. The molecule has 2 aliphatic carbocycles. The molecule has 16 rings (SSSR count). The molecule has 0 spiro atoms. The monoisotopic (exact) mass is 981 g/mol. The third-order valence-corrected chi connectivity index (χ3v) is 15.7. The number of fused-ring (bicyclic) bond motifs is 9. The molecule has 14 aromatic rings. The minimum absolute atomic E-state index is 0.837. The summed E-state index contributed by atoms with van der Waals surface area (Å²) < 4.78 is 6.69. The van der Waals surface area contributed by atoms with E-state index in [2.05, 4.69) is 232 Å². The molecule has 0 N–H and O–H groups in total. The van der Waals surface area contributed by atoms with Crippen molar-refractivity contribution in [3.63, 3.8) is 0 Å². The number of hydrogen-bond donors (Lipinski definition) is 0. The number of furan rings is 1. The van der Waals surface area contributed by atoms with E-state index in [9.17, 15) is 0 Å². The van der Waals surface area contributed by atoms with E-state index in [0.29, 0.717) is 0 Å². The number of nitrogens with zero attached hydrogens (tertiary/aromatic N) is 5. The number of benzene rings is 10. The molecule has 6 heteroatoms. The highest BCUT2D eigenvalue weighted by Gasteiger charge is 2.26. The standard InChI is InChI=1S/C71H43N5O/c1-2-13-49(14-3-1)75(52-16-8-34-72-41-52)51-25-30-59-58-29-23-46(39-68(58)77-69(59)40-51)45-22-27-57-64-32-31-55(60-20-7-21-63(71(60)64)65(57)37-45)47-12-4-15-50(36-47)76(53-17-9-35-73-42-53)54-26-33-67(74-43-54)48-24-28-56-61-18-5-10-44-11-6-19-62(70(44)61)66(56)38-48/h1-43H. The van der Waals surface area contributed by atoms with Crippen LogP contribution in [0, 0.1) is 0 Å². The van der Waals surface area contributed by atoms with Crippen LogP contribution in [0.25, 0.3) is 122 Å². The second-order valence-corrected chi connectivity index (χ2v) is 20.0. The van der Waals surface area contributed by atoms with Crippen molar-refractivity contribution in [3.8, 4) is 78.0 Å². The highest BCUT2D eigenvalue weighted by Crippen LogP contribution is 2.52. The van der Waals surface area contributed by atoms with Gasteiger partial charge in [0.15, 0.2) is 0 Å². The van der Waals surface area contributed by atoms with E-state index in [0.717, 1.165) is 84.0 Å². The van der Waals surface area contributed by atoms with Crippen molar-refractivity contribution < 1.29 is 4.42 Å². The molecule has 0 aliphatic heterocycles. The van der Waals surface area contributed by atoms with E-state index < -0.39 is 0 Å². The van der Waals surface area contributed by atoms with Gasteiger partial charge in [-0.15, -0.1) is 0 Å². The predicted octanol–water partition coefficient (Wildman–Crippen LogP) is 19.3. The lowest BCUT2D eigenvalue weighted by atomic mass is 9.94. The summed E-state index contributed by atoms with van der Waals surface area (Å²) in [6, 6.07) is 82.9. The first-order valence-electron chi connectivity index (χ1n) is 26.0. The highest BCUT2D eigenvalue weighted by molar-refractivity contribution is 6.20. The number of hydrogen-bond acceptors (Lipinski definition) is 6. The van der Waals surface area contributed by atoms with E-state index in [1.165, 1.54) is 71.6 Å². The van der Waals surface area contributed by atoms with Gasteiger partial charge in [0.05, 0.1) is 41.3 Å². The van der Waals surface area contributed by atoms with E-state index in [4.69, 9.17) is 9.40 Å². The molecule has 0 atom stereocenters. The summed E-state index contributed by atoms with van der Waals surface area (Å²) in [5, 5.41) is 7.27. The smallest absolute Gasteiger partial charge is 0.137 e. The summed E-state index contributed by atoms with van der Waals surface area (Å²) >= 11 is 0. The van der Waals surface area contributed by atoms with E-state index in [-0.39, 0.29) is 0 Å². The predicted molar refractivity (Wildman–Crippen MR) is 317 cm³/mol. The minimum Gasteiger partial charge on any atom is -0.456 e. The number of anilines is 6. The molecule has 358 valence electrons. The molecule has 77 heavy (non-hydrogen) atoms. The molecule has 6 nitrogen and oxygen atoms in total.